The smallest absolute Gasteiger partial charge is 0.338 e. The van der Waals surface area contributed by atoms with E-state index in [9.17, 15) is 9.59 Å². The van der Waals surface area contributed by atoms with Crippen LogP contribution < -0.4 is 0 Å². The van der Waals surface area contributed by atoms with Crippen LogP contribution in [0.1, 0.15) is 144 Å². The number of hydrogen-bond donors (Lipinski definition) is 0. The van der Waals surface area contributed by atoms with Crippen LogP contribution in [0.4, 0.5) is 0 Å². The summed E-state index contributed by atoms with van der Waals surface area (Å²) in [6.07, 6.45) is 19.1. The average Bonchev–Trinajstić information content (AvgIpc) is 2.82. The van der Waals surface area contributed by atoms with Crippen LogP contribution in [0.5, 0.6) is 0 Å². The standard InChI is InChI=1S/C29H48O4/c1-4-7-8-9-10-11-12-13-14-15-16-17-24-32-28(30)25-20-22-26(23-21-25)29(31)33-27(18-5-2)19-6-3/h20-23,27H,4-19,24H2,1-3H3. The zero-order chi connectivity index (χ0) is 24.2. The minimum absolute atomic E-state index is 0.0345. The summed E-state index contributed by atoms with van der Waals surface area (Å²) in [6.45, 7) is 6.90. The van der Waals surface area contributed by atoms with Crippen LogP contribution in [0.15, 0.2) is 24.3 Å². The molecule has 0 fully saturated rings. The fourth-order valence-corrected chi connectivity index (χ4v) is 4.06. The molecular weight excluding hydrogens is 412 g/mol. The fourth-order valence-electron chi connectivity index (χ4n) is 4.06. The summed E-state index contributed by atoms with van der Waals surface area (Å²) in [7, 11) is 0. The number of hydrogen-bond acceptors (Lipinski definition) is 4. The number of rotatable bonds is 20. The lowest BCUT2D eigenvalue weighted by molar-refractivity contribution is 0.0257. The van der Waals surface area contributed by atoms with Crippen molar-refractivity contribution in [3.05, 3.63) is 35.4 Å². The molecule has 4 heteroatoms. The van der Waals surface area contributed by atoms with E-state index in [4.69, 9.17) is 9.47 Å². The summed E-state index contributed by atoms with van der Waals surface area (Å²) in [4.78, 5) is 24.6. The van der Waals surface area contributed by atoms with Crippen molar-refractivity contribution in [3.8, 4) is 0 Å². The van der Waals surface area contributed by atoms with Gasteiger partial charge in [-0.25, -0.2) is 9.59 Å². The molecule has 0 aromatic heterocycles. The SMILES string of the molecule is CCCCCCCCCCCCCCOC(=O)c1ccc(C(=O)OC(CCC)CCC)cc1. The molecule has 0 heterocycles. The molecule has 33 heavy (non-hydrogen) atoms. The number of ether oxygens (including phenoxy) is 2. The van der Waals surface area contributed by atoms with Gasteiger partial charge in [-0.2, -0.15) is 0 Å². The number of esters is 2. The lowest BCUT2D eigenvalue weighted by Crippen LogP contribution is -2.18. The average molecular weight is 461 g/mol. The Hall–Kier alpha value is -1.84. The number of unbranched alkanes of at least 4 members (excludes halogenated alkanes) is 11. The summed E-state index contributed by atoms with van der Waals surface area (Å²) < 4.78 is 11.0. The Bertz CT molecular complexity index is 617. The molecule has 1 aromatic rings. The molecule has 0 saturated heterocycles. The van der Waals surface area contributed by atoms with Gasteiger partial charge in [-0.15, -0.1) is 0 Å². The van der Waals surface area contributed by atoms with Crippen LogP contribution >= 0.6 is 0 Å². The van der Waals surface area contributed by atoms with Crippen LogP contribution in [-0.4, -0.2) is 24.6 Å². The summed E-state index contributed by atoms with van der Waals surface area (Å²) >= 11 is 0. The van der Waals surface area contributed by atoms with Gasteiger partial charge in [0.2, 0.25) is 0 Å². The molecule has 0 radical (unpaired) electrons. The molecule has 0 aliphatic carbocycles. The number of carbonyl (C=O) groups excluding carboxylic acids is 2. The van der Waals surface area contributed by atoms with Crippen LogP contribution in [0.25, 0.3) is 0 Å². The van der Waals surface area contributed by atoms with Crippen molar-refractivity contribution in [2.45, 2.75) is 130 Å². The van der Waals surface area contributed by atoms with Gasteiger partial charge in [-0.3, -0.25) is 0 Å². The topological polar surface area (TPSA) is 52.6 Å². The van der Waals surface area contributed by atoms with E-state index in [-0.39, 0.29) is 18.0 Å². The van der Waals surface area contributed by atoms with Crippen molar-refractivity contribution in [1.29, 1.82) is 0 Å². The molecule has 188 valence electrons. The molecule has 1 rings (SSSR count). The maximum Gasteiger partial charge on any atom is 0.338 e. The van der Waals surface area contributed by atoms with Crippen LogP contribution in [-0.2, 0) is 9.47 Å². The Balaban J connectivity index is 2.15. The van der Waals surface area contributed by atoms with Gasteiger partial charge in [0.25, 0.3) is 0 Å². The van der Waals surface area contributed by atoms with Crippen molar-refractivity contribution in [1.82, 2.24) is 0 Å². The molecule has 0 saturated carbocycles. The summed E-state index contributed by atoms with van der Waals surface area (Å²) in [6, 6.07) is 6.60. The third kappa shape index (κ3) is 14.1. The van der Waals surface area contributed by atoms with Gasteiger partial charge in [-0.05, 0) is 43.5 Å². The van der Waals surface area contributed by atoms with Crippen molar-refractivity contribution in [3.63, 3.8) is 0 Å². The molecule has 0 amide bonds. The molecule has 1 aromatic carbocycles. The van der Waals surface area contributed by atoms with E-state index in [1.54, 1.807) is 24.3 Å². The van der Waals surface area contributed by atoms with Crippen LogP contribution in [0.2, 0.25) is 0 Å². The Morgan fingerprint density at radius 3 is 1.48 bits per heavy atom. The minimum Gasteiger partial charge on any atom is -0.462 e. The Labute approximate surface area is 202 Å². The fraction of sp³-hybridized carbons (Fsp3) is 0.724. The predicted molar refractivity (Wildman–Crippen MR) is 137 cm³/mol. The normalized spacial score (nSPS) is 11.0. The summed E-state index contributed by atoms with van der Waals surface area (Å²) in [5.74, 6) is -0.647. The van der Waals surface area contributed by atoms with Gasteiger partial charge in [-0.1, -0.05) is 104 Å². The third-order valence-corrected chi connectivity index (χ3v) is 6.08. The molecular formula is C29H48O4. The second-order valence-corrected chi connectivity index (χ2v) is 9.21. The maximum atomic E-state index is 12.4. The van der Waals surface area contributed by atoms with Crippen molar-refractivity contribution in [2.24, 2.45) is 0 Å². The van der Waals surface area contributed by atoms with Crippen LogP contribution in [0.3, 0.4) is 0 Å². The van der Waals surface area contributed by atoms with E-state index in [1.165, 1.54) is 64.2 Å². The van der Waals surface area contributed by atoms with E-state index in [1.807, 2.05) is 0 Å². The monoisotopic (exact) mass is 460 g/mol. The van der Waals surface area contributed by atoms with Gasteiger partial charge < -0.3 is 9.47 Å². The first kappa shape index (κ1) is 29.2. The second kappa shape index (κ2) is 19.6. The second-order valence-electron chi connectivity index (χ2n) is 9.21. The zero-order valence-corrected chi connectivity index (χ0v) is 21.5. The molecule has 0 bridgehead atoms. The highest BCUT2D eigenvalue weighted by molar-refractivity contribution is 5.93. The Morgan fingerprint density at radius 1 is 0.606 bits per heavy atom. The first-order valence-corrected chi connectivity index (χ1v) is 13.6. The largest absolute Gasteiger partial charge is 0.462 e. The molecule has 0 aliphatic rings. The first-order chi connectivity index (χ1) is 16.1. The van der Waals surface area contributed by atoms with E-state index < -0.39 is 0 Å². The van der Waals surface area contributed by atoms with Gasteiger partial charge in [0.1, 0.15) is 6.10 Å². The predicted octanol–water partition coefficient (Wildman–Crippen LogP) is 8.67. The van der Waals surface area contributed by atoms with Crippen molar-refractivity contribution >= 4 is 11.9 Å². The number of carbonyl (C=O) groups is 2. The minimum atomic E-state index is -0.326. The summed E-state index contributed by atoms with van der Waals surface area (Å²) in [5, 5.41) is 0. The Kier molecular flexibility index (Phi) is 17.4. The highest BCUT2D eigenvalue weighted by Gasteiger charge is 2.15. The number of benzene rings is 1. The van der Waals surface area contributed by atoms with Crippen LogP contribution in [0, 0.1) is 0 Å². The van der Waals surface area contributed by atoms with Gasteiger partial charge in [0.05, 0.1) is 17.7 Å². The zero-order valence-electron chi connectivity index (χ0n) is 21.5. The lowest BCUT2D eigenvalue weighted by atomic mass is 10.1. The van der Waals surface area contributed by atoms with Crippen molar-refractivity contribution < 1.29 is 19.1 Å². The molecule has 0 spiro atoms. The van der Waals surface area contributed by atoms with Gasteiger partial charge >= 0.3 is 11.9 Å². The summed E-state index contributed by atoms with van der Waals surface area (Å²) in [5.41, 5.74) is 0.953. The highest BCUT2D eigenvalue weighted by Crippen LogP contribution is 2.15. The molecule has 0 unspecified atom stereocenters. The van der Waals surface area contributed by atoms with Gasteiger partial charge in [0, 0.05) is 0 Å². The first-order valence-electron chi connectivity index (χ1n) is 13.6. The van der Waals surface area contributed by atoms with E-state index in [2.05, 4.69) is 20.8 Å². The molecule has 4 nitrogen and oxygen atoms in total. The Morgan fingerprint density at radius 2 is 1.03 bits per heavy atom. The van der Waals surface area contributed by atoms with E-state index in [0.29, 0.717) is 17.7 Å². The third-order valence-electron chi connectivity index (χ3n) is 6.08. The molecule has 0 aliphatic heterocycles. The molecule has 0 N–H and O–H groups in total. The van der Waals surface area contributed by atoms with E-state index in [0.717, 1.165) is 38.5 Å². The quantitative estimate of drug-likeness (QED) is 0.144. The van der Waals surface area contributed by atoms with Gasteiger partial charge in [0.15, 0.2) is 0 Å². The highest BCUT2D eigenvalue weighted by atomic mass is 16.5. The lowest BCUT2D eigenvalue weighted by Gasteiger charge is -2.16. The van der Waals surface area contributed by atoms with E-state index >= 15 is 0 Å². The molecule has 0 atom stereocenters. The maximum absolute atomic E-state index is 12.4. The van der Waals surface area contributed by atoms with Crippen molar-refractivity contribution in [2.75, 3.05) is 6.61 Å².